The molecule has 146 valence electrons. The summed E-state index contributed by atoms with van der Waals surface area (Å²) >= 11 is 3.37. The van der Waals surface area contributed by atoms with E-state index in [1.807, 2.05) is 24.3 Å². The van der Waals surface area contributed by atoms with Gasteiger partial charge in [0.25, 0.3) is 11.8 Å². The Labute approximate surface area is 176 Å². The van der Waals surface area contributed by atoms with Crippen LogP contribution < -0.4 is 20.1 Å². The van der Waals surface area contributed by atoms with Gasteiger partial charge in [0.15, 0.2) is 11.5 Å². The normalized spacial score (nSPS) is 11.8. The number of carbonyl (C=O) groups excluding carboxylic acids is 2. The Bertz CT molecular complexity index is 1080. The van der Waals surface area contributed by atoms with Crippen molar-refractivity contribution in [3.05, 3.63) is 87.9 Å². The first-order valence-electron chi connectivity index (χ1n) is 8.93. The number of ether oxygens (including phenoxy) is 2. The summed E-state index contributed by atoms with van der Waals surface area (Å²) in [7, 11) is 0. The van der Waals surface area contributed by atoms with Gasteiger partial charge >= 0.3 is 0 Å². The van der Waals surface area contributed by atoms with Crippen LogP contribution in [0.2, 0.25) is 0 Å². The van der Waals surface area contributed by atoms with Gasteiger partial charge in [-0.05, 0) is 57.9 Å². The summed E-state index contributed by atoms with van der Waals surface area (Å²) in [6.07, 6.45) is 0. The molecule has 0 unspecified atom stereocenters. The molecule has 0 aromatic heterocycles. The number of rotatable bonds is 5. The SMILES string of the molecule is O=C(Nc1ccccc1C(=O)NCc1ccc2c(c1)OCO2)c1ccccc1Br. The van der Waals surface area contributed by atoms with E-state index in [0.29, 0.717) is 39.3 Å². The maximum Gasteiger partial charge on any atom is 0.256 e. The molecule has 29 heavy (non-hydrogen) atoms. The molecular formula is C22H17BrN2O4. The first kappa shape index (κ1) is 19.0. The molecule has 1 aliphatic rings. The molecule has 0 atom stereocenters. The number of benzene rings is 3. The van der Waals surface area contributed by atoms with Gasteiger partial charge in [0, 0.05) is 11.0 Å². The third-order valence-corrected chi connectivity index (χ3v) is 5.12. The Morgan fingerprint density at radius 3 is 2.41 bits per heavy atom. The zero-order valence-electron chi connectivity index (χ0n) is 15.3. The lowest BCUT2D eigenvalue weighted by molar-refractivity contribution is 0.0951. The molecule has 0 bridgehead atoms. The lowest BCUT2D eigenvalue weighted by Crippen LogP contribution is -2.25. The average molecular weight is 453 g/mol. The molecule has 2 N–H and O–H groups in total. The second kappa shape index (κ2) is 8.36. The first-order valence-corrected chi connectivity index (χ1v) is 9.73. The zero-order valence-corrected chi connectivity index (χ0v) is 16.9. The summed E-state index contributed by atoms with van der Waals surface area (Å²) in [5, 5.41) is 5.69. The van der Waals surface area contributed by atoms with E-state index in [0.717, 1.165) is 5.56 Å². The lowest BCUT2D eigenvalue weighted by Gasteiger charge is -2.12. The van der Waals surface area contributed by atoms with Crippen molar-refractivity contribution in [2.75, 3.05) is 12.1 Å². The van der Waals surface area contributed by atoms with Crippen LogP contribution >= 0.6 is 15.9 Å². The Morgan fingerprint density at radius 2 is 1.59 bits per heavy atom. The van der Waals surface area contributed by atoms with Gasteiger partial charge in [-0.25, -0.2) is 0 Å². The quantitative estimate of drug-likeness (QED) is 0.602. The fourth-order valence-electron chi connectivity index (χ4n) is 2.95. The van der Waals surface area contributed by atoms with Gasteiger partial charge in [0.1, 0.15) is 0 Å². The number of hydrogen-bond acceptors (Lipinski definition) is 4. The summed E-state index contributed by atoms with van der Waals surface area (Å²) in [4.78, 5) is 25.3. The van der Waals surface area contributed by atoms with Gasteiger partial charge in [-0.2, -0.15) is 0 Å². The molecule has 1 heterocycles. The highest BCUT2D eigenvalue weighted by molar-refractivity contribution is 9.10. The largest absolute Gasteiger partial charge is 0.454 e. The van der Waals surface area contributed by atoms with E-state index in [1.165, 1.54) is 0 Å². The molecule has 2 amide bonds. The van der Waals surface area contributed by atoms with Crippen molar-refractivity contribution in [2.24, 2.45) is 0 Å². The van der Waals surface area contributed by atoms with Crippen molar-refractivity contribution in [1.29, 1.82) is 0 Å². The van der Waals surface area contributed by atoms with Crippen LogP contribution in [0.15, 0.2) is 71.2 Å². The predicted molar refractivity (Wildman–Crippen MR) is 112 cm³/mol. The highest BCUT2D eigenvalue weighted by Crippen LogP contribution is 2.32. The van der Waals surface area contributed by atoms with E-state index in [2.05, 4.69) is 26.6 Å². The third kappa shape index (κ3) is 4.25. The summed E-state index contributed by atoms with van der Waals surface area (Å²) in [6.45, 7) is 0.526. The zero-order chi connectivity index (χ0) is 20.2. The number of carbonyl (C=O) groups is 2. The van der Waals surface area contributed by atoms with Gasteiger partial charge in [-0.15, -0.1) is 0 Å². The average Bonchev–Trinajstić information content (AvgIpc) is 3.20. The second-order valence-electron chi connectivity index (χ2n) is 6.35. The number of fused-ring (bicyclic) bond motifs is 1. The first-order chi connectivity index (χ1) is 14.1. The monoisotopic (exact) mass is 452 g/mol. The fourth-order valence-corrected chi connectivity index (χ4v) is 3.42. The number of para-hydroxylation sites is 1. The third-order valence-electron chi connectivity index (χ3n) is 4.43. The molecule has 0 spiro atoms. The van der Waals surface area contributed by atoms with Crippen LogP contribution in [-0.4, -0.2) is 18.6 Å². The highest BCUT2D eigenvalue weighted by Gasteiger charge is 2.17. The van der Waals surface area contributed by atoms with Gasteiger partial charge < -0.3 is 20.1 Å². The molecule has 0 saturated carbocycles. The lowest BCUT2D eigenvalue weighted by atomic mass is 10.1. The van der Waals surface area contributed by atoms with Crippen LogP contribution in [-0.2, 0) is 6.54 Å². The molecule has 3 aromatic carbocycles. The number of hydrogen-bond donors (Lipinski definition) is 2. The van der Waals surface area contributed by atoms with Gasteiger partial charge in [0.05, 0.1) is 16.8 Å². The molecule has 0 saturated heterocycles. The second-order valence-corrected chi connectivity index (χ2v) is 7.20. The fraction of sp³-hybridized carbons (Fsp3) is 0.0909. The van der Waals surface area contributed by atoms with Crippen LogP contribution in [0.25, 0.3) is 0 Å². The van der Waals surface area contributed by atoms with Crippen LogP contribution in [0.4, 0.5) is 5.69 Å². The van der Waals surface area contributed by atoms with Crippen molar-refractivity contribution >= 4 is 33.4 Å². The standard InChI is InChI=1S/C22H17BrN2O4/c23-17-7-3-1-5-15(17)22(27)25-18-8-4-2-6-16(18)21(26)24-12-14-9-10-19-20(11-14)29-13-28-19/h1-11H,12-13H2,(H,24,26)(H,25,27). The van der Waals surface area contributed by atoms with Crippen LogP contribution in [0.3, 0.4) is 0 Å². The van der Waals surface area contributed by atoms with E-state index < -0.39 is 0 Å². The molecule has 0 radical (unpaired) electrons. The van der Waals surface area contributed by atoms with E-state index in [9.17, 15) is 9.59 Å². The Balaban J connectivity index is 1.46. The van der Waals surface area contributed by atoms with Gasteiger partial charge in [0.2, 0.25) is 6.79 Å². The number of anilines is 1. The number of halogens is 1. The molecule has 6 nitrogen and oxygen atoms in total. The molecule has 3 aromatic rings. The summed E-state index contributed by atoms with van der Waals surface area (Å²) in [6, 6.07) is 19.5. The predicted octanol–water partition coefficient (Wildman–Crippen LogP) is 4.36. The van der Waals surface area contributed by atoms with Gasteiger partial charge in [-0.3, -0.25) is 9.59 Å². The Kier molecular flexibility index (Phi) is 5.48. The van der Waals surface area contributed by atoms with Crippen molar-refractivity contribution in [2.45, 2.75) is 6.54 Å². The molecule has 0 aliphatic carbocycles. The highest BCUT2D eigenvalue weighted by atomic mass is 79.9. The maximum absolute atomic E-state index is 12.7. The van der Waals surface area contributed by atoms with Crippen molar-refractivity contribution in [3.8, 4) is 11.5 Å². The van der Waals surface area contributed by atoms with Crippen molar-refractivity contribution in [1.82, 2.24) is 5.32 Å². The van der Waals surface area contributed by atoms with Crippen LogP contribution in [0.5, 0.6) is 11.5 Å². The molecule has 0 fully saturated rings. The number of nitrogens with one attached hydrogen (secondary N) is 2. The molecule has 4 rings (SSSR count). The summed E-state index contributed by atoms with van der Waals surface area (Å²) in [5.74, 6) is 0.775. The van der Waals surface area contributed by atoms with Gasteiger partial charge in [-0.1, -0.05) is 30.3 Å². The molecular weight excluding hydrogens is 436 g/mol. The van der Waals surface area contributed by atoms with Crippen LogP contribution in [0.1, 0.15) is 26.3 Å². The minimum atomic E-state index is -0.298. The maximum atomic E-state index is 12.7. The van der Waals surface area contributed by atoms with Crippen molar-refractivity contribution in [3.63, 3.8) is 0 Å². The molecule has 7 heteroatoms. The summed E-state index contributed by atoms with van der Waals surface area (Å²) in [5.41, 5.74) is 2.20. The number of amides is 2. The van der Waals surface area contributed by atoms with E-state index in [1.54, 1.807) is 42.5 Å². The Morgan fingerprint density at radius 1 is 0.862 bits per heavy atom. The topological polar surface area (TPSA) is 76.7 Å². The summed E-state index contributed by atoms with van der Waals surface area (Å²) < 4.78 is 11.3. The van der Waals surface area contributed by atoms with E-state index in [4.69, 9.17) is 9.47 Å². The van der Waals surface area contributed by atoms with E-state index in [-0.39, 0.29) is 18.6 Å². The smallest absolute Gasteiger partial charge is 0.256 e. The Hall–Kier alpha value is -3.32. The van der Waals surface area contributed by atoms with Crippen LogP contribution in [0, 0.1) is 0 Å². The molecule has 1 aliphatic heterocycles. The van der Waals surface area contributed by atoms with E-state index >= 15 is 0 Å². The minimum Gasteiger partial charge on any atom is -0.454 e. The minimum absolute atomic E-state index is 0.204. The van der Waals surface area contributed by atoms with Crippen molar-refractivity contribution < 1.29 is 19.1 Å².